The first-order valence-electron chi connectivity index (χ1n) is 4.36. The van der Waals surface area contributed by atoms with E-state index < -0.39 is 0 Å². The quantitative estimate of drug-likeness (QED) is 0.772. The fourth-order valence-corrected chi connectivity index (χ4v) is 2.45. The normalized spacial score (nSPS) is 12.6. The zero-order chi connectivity index (χ0) is 10.7. The number of halogens is 2. The van der Waals surface area contributed by atoms with E-state index in [2.05, 4.69) is 37.9 Å². The van der Waals surface area contributed by atoms with Gasteiger partial charge in [0.1, 0.15) is 5.78 Å². The highest BCUT2D eigenvalue weighted by atomic mass is 79.9. The molecule has 1 rings (SSSR count). The van der Waals surface area contributed by atoms with E-state index in [9.17, 15) is 4.79 Å². The molecule has 1 aromatic carbocycles. The van der Waals surface area contributed by atoms with Gasteiger partial charge in [0, 0.05) is 5.33 Å². The molecule has 1 atom stereocenters. The van der Waals surface area contributed by atoms with Gasteiger partial charge in [0.2, 0.25) is 0 Å². The minimum atomic E-state index is -0.179. The molecule has 0 aliphatic carbocycles. The van der Waals surface area contributed by atoms with Gasteiger partial charge in [0.15, 0.2) is 0 Å². The fourth-order valence-electron chi connectivity index (χ4n) is 1.34. The van der Waals surface area contributed by atoms with Crippen molar-refractivity contribution in [3.05, 3.63) is 34.9 Å². The van der Waals surface area contributed by atoms with Crippen LogP contribution >= 0.6 is 31.9 Å². The largest absolute Gasteiger partial charge is 0.298 e. The first-order valence-corrected chi connectivity index (χ1v) is 6.40. The average molecular weight is 320 g/mol. The second-order valence-electron chi connectivity index (χ2n) is 3.24. The molecule has 0 saturated heterocycles. The van der Waals surface area contributed by atoms with Gasteiger partial charge in [0.05, 0.1) is 4.83 Å². The Bertz CT molecular complexity index is 347. The molecule has 0 spiro atoms. The van der Waals surface area contributed by atoms with E-state index in [1.807, 2.05) is 19.1 Å². The molecule has 0 saturated carbocycles. The number of hydrogen-bond donors (Lipinski definition) is 0. The molecule has 1 aromatic rings. The van der Waals surface area contributed by atoms with Gasteiger partial charge in [-0.3, -0.25) is 4.79 Å². The summed E-state index contributed by atoms with van der Waals surface area (Å²) in [6, 6.07) is 6.03. The van der Waals surface area contributed by atoms with Crippen LogP contribution in [0, 0.1) is 6.92 Å². The van der Waals surface area contributed by atoms with Gasteiger partial charge in [-0.1, -0.05) is 50.1 Å². The SMILES string of the molecule is CC(=O)C(Br)c1cccc(CBr)c1C. The van der Waals surface area contributed by atoms with Crippen LogP contribution in [-0.4, -0.2) is 5.78 Å². The molecule has 0 radical (unpaired) electrons. The maximum absolute atomic E-state index is 11.2. The summed E-state index contributed by atoms with van der Waals surface area (Å²) in [4.78, 5) is 11.1. The highest BCUT2D eigenvalue weighted by Gasteiger charge is 2.15. The minimum absolute atomic E-state index is 0.139. The summed E-state index contributed by atoms with van der Waals surface area (Å²) in [6.07, 6.45) is 0. The predicted octanol–water partition coefficient (Wildman–Crippen LogP) is 3.91. The third-order valence-corrected chi connectivity index (χ3v) is 4.00. The molecule has 0 fully saturated rings. The molecule has 3 heteroatoms. The van der Waals surface area contributed by atoms with Gasteiger partial charge in [-0.25, -0.2) is 0 Å². The third-order valence-electron chi connectivity index (χ3n) is 2.26. The van der Waals surface area contributed by atoms with Crippen LogP contribution in [-0.2, 0) is 10.1 Å². The highest BCUT2D eigenvalue weighted by molar-refractivity contribution is 9.09. The highest BCUT2D eigenvalue weighted by Crippen LogP contribution is 2.28. The molecule has 14 heavy (non-hydrogen) atoms. The summed E-state index contributed by atoms with van der Waals surface area (Å²) < 4.78 is 0. The average Bonchev–Trinajstić information content (AvgIpc) is 2.17. The molecule has 0 bridgehead atoms. The van der Waals surface area contributed by atoms with Crippen LogP contribution in [0.5, 0.6) is 0 Å². The number of alkyl halides is 2. The first-order chi connectivity index (χ1) is 6.57. The lowest BCUT2D eigenvalue weighted by Gasteiger charge is -2.12. The van der Waals surface area contributed by atoms with Crippen LogP contribution in [0.15, 0.2) is 18.2 Å². The smallest absolute Gasteiger partial charge is 0.147 e. The predicted molar refractivity (Wildman–Crippen MR) is 66.2 cm³/mol. The van der Waals surface area contributed by atoms with Gasteiger partial charge < -0.3 is 0 Å². The van der Waals surface area contributed by atoms with Crippen molar-refractivity contribution in [2.24, 2.45) is 0 Å². The molecule has 0 aliphatic heterocycles. The Balaban J connectivity index is 3.15. The van der Waals surface area contributed by atoms with Gasteiger partial charge >= 0.3 is 0 Å². The van der Waals surface area contributed by atoms with Gasteiger partial charge in [-0.05, 0) is 30.5 Å². The second-order valence-corrected chi connectivity index (χ2v) is 4.71. The van der Waals surface area contributed by atoms with Crippen LogP contribution in [0.1, 0.15) is 28.4 Å². The summed E-state index contributed by atoms with van der Waals surface area (Å²) in [5.41, 5.74) is 3.48. The lowest BCUT2D eigenvalue weighted by Crippen LogP contribution is -2.04. The number of ketones is 1. The van der Waals surface area contributed by atoms with E-state index in [4.69, 9.17) is 0 Å². The molecule has 76 valence electrons. The van der Waals surface area contributed by atoms with Crippen molar-refractivity contribution >= 4 is 37.6 Å². The van der Waals surface area contributed by atoms with Crippen molar-refractivity contribution in [1.82, 2.24) is 0 Å². The summed E-state index contributed by atoms with van der Waals surface area (Å²) in [7, 11) is 0. The number of rotatable bonds is 3. The second kappa shape index (κ2) is 5.08. The van der Waals surface area contributed by atoms with Crippen LogP contribution in [0.3, 0.4) is 0 Å². The maximum Gasteiger partial charge on any atom is 0.147 e. The Morgan fingerprint density at radius 1 is 1.50 bits per heavy atom. The monoisotopic (exact) mass is 318 g/mol. The van der Waals surface area contributed by atoms with Crippen molar-refractivity contribution < 1.29 is 4.79 Å². The summed E-state index contributed by atoms with van der Waals surface area (Å²) >= 11 is 6.83. The number of benzene rings is 1. The van der Waals surface area contributed by atoms with E-state index in [1.165, 1.54) is 11.1 Å². The van der Waals surface area contributed by atoms with E-state index in [1.54, 1.807) is 6.92 Å². The summed E-state index contributed by atoms with van der Waals surface area (Å²) in [6.45, 7) is 3.64. The van der Waals surface area contributed by atoms with Gasteiger partial charge in [-0.15, -0.1) is 0 Å². The Kier molecular flexibility index (Phi) is 4.32. The summed E-state index contributed by atoms with van der Waals surface area (Å²) in [5, 5.41) is 0.824. The van der Waals surface area contributed by atoms with Gasteiger partial charge in [0.25, 0.3) is 0 Å². The Morgan fingerprint density at radius 2 is 2.14 bits per heavy atom. The van der Waals surface area contributed by atoms with Crippen LogP contribution < -0.4 is 0 Å². The lowest BCUT2D eigenvalue weighted by molar-refractivity contribution is -0.116. The fraction of sp³-hybridized carbons (Fsp3) is 0.364. The molecule has 0 aliphatic rings. The topological polar surface area (TPSA) is 17.1 Å². The Morgan fingerprint density at radius 3 is 2.64 bits per heavy atom. The van der Waals surface area contributed by atoms with E-state index in [0.717, 1.165) is 10.9 Å². The molecule has 1 unspecified atom stereocenters. The van der Waals surface area contributed by atoms with Crippen LogP contribution in [0.2, 0.25) is 0 Å². The molecule has 0 amide bonds. The Labute approximate surface area is 101 Å². The lowest BCUT2D eigenvalue weighted by atomic mass is 10.00. The van der Waals surface area contributed by atoms with Crippen molar-refractivity contribution in [3.63, 3.8) is 0 Å². The van der Waals surface area contributed by atoms with Gasteiger partial charge in [-0.2, -0.15) is 0 Å². The zero-order valence-electron chi connectivity index (χ0n) is 8.18. The van der Waals surface area contributed by atoms with Crippen LogP contribution in [0.25, 0.3) is 0 Å². The first kappa shape index (κ1) is 11.9. The summed E-state index contributed by atoms with van der Waals surface area (Å²) in [5.74, 6) is 0.139. The van der Waals surface area contributed by atoms with Crippen LogP contribution in [0.4, 0.5) is 0 Å². The number of carbonyl (C=O) groups is 1. The zero-order valence-corrected chi connectivity index (χ0v) is 11.4. The Hall–Kier alpha value is -0.150. The molecular formula is C11H12Br2O. The van der Waals surface area contributed by atoms with Crippen molar-refractivity contribution in [2.45, 2.75) is 24.0 Å². The molecule has 0 heterocycles. The maximum atomic E-state index is 11.2. The van der Waals surface area contributed by atoms with Crippen molar-refractivity contribution in [3.8, 4) is 0 Å². The third kappa shape index (κ3) is 2.45. The van der Waals surface area contributed by atoms with E-state index in [0.29, 0.717) is 0 Å². The molecular weight excluding hydrogens is 308 g/mol. The molecule has 1 nitrogen and oxygen atoms in total. The molecule has 0 N–H and O–H groups in total. The van der Waals surface area contributed by atoms with Crippen molar-refractivity contribution in [2.75, 3.05) is 0 Å². The number of carbonyl (C=O) groups excluding carboxylic acids is 1. The van der Waals surface area contributed by atoms with Crippen molar-refractivity contribution in [1.29, 1.82) is 0 Å². The standard InChI is InChI=1S/C11H12Br2O/c1-7-9(6-12)4-3-5-10(7)11(13)8(2)14/h3-5,11H,6H2,1-2H3. The number of hydrogen-bond acceptors (Lipinski definition) is 1. The van der Waals surface area contributed by atoms with E-state index in [-0.39, 0.29) is 10.6 Å². The number of Topliss-reactive ketones (excluding diaryl/α,β-unsaturated/α-hetero) is 1. The van der Waals surface area contributed by atoms with E-state index >= 15 is 0 Å². The molecule has 0 aromatic heterocycles. The minimum Gasteiger partial charge on any atom is -0.298 e.